The van der Waals surface area contributed by atoms with E-state index >= 15 is 0 Å². The summed E-state index contributed by atoms with van der Waals surface area (Å²) in [5.74, 6) is 0.117. The quantitative estimate of drug-likeness (QED) is 0.599. The van der Waals surface area contributed by atoms with Crippen molar-refractivity contribution in [2.24, 2.45) is 0 Å². The highest BCUT2D eigenvalue weighted by Gasteiger charge is 2.55. The minimum absolute atomic E-state index is 0.0917. The van der Waals surface area contributed by atoms with Crippen molar-refractivity contribution < 1.29 is 14.3 Å². The molecule has 0 spiro atoms. The van der Waals surface area contributed by atoms with Crippen LogP contribution in [0.15, 0.2) is 0 Å². The number of ether oxygens (including phenoxy) is 2. The number of hydrogen-bond acceptors (Lipinski definition) is 3. The SMILES string of the molecule is C[Si](C)(C)[C@@]12CCC(=O)[C@H](OC1)O2. The Morgan fingerprint density at radius 3 is 2.77 bits per heavy atom. The van der Waals surface area contributed by atoms with Crippen LogP contribution in [0.25, 0.3) is 0 Å². The van der Waals surface area contributed by atoms with Gasteiger partial charge < -0.3 is 9.47 Å². The molecule has 0 unspecified atom stereocenters. The second kappa shape index (κ2) is 2.65. The fraction of sp³-hybridized carbons (Fsp3) is 0.889. The average molecular weight is 200 g/mol. The number of fused-ring (bicyclic) bond motifs is 2. The number of carbonyl (C=O) groups is 1. The van der Waals surface area contributed by atoms with Crippen molar-refractivity contribution in [3.8, 4) is 0 Å². The molecule has 0 amide bonds. The van der Waals surface area contributed by atoms with Crippen LogP contribution in [-0.2, 0) is 14.3 Å². The van der Waals surface area contributed by atoms with Gasteiger partial charge in [-0.3, -0.25) is 4.79 Å². The minimum atomic E-state index is -1.39. The van der Waals surface area contributed by atoms with Crippen molar-refractivity contribution in [1.29, 1.82) is 0 Å². The highest BCUT2D eigenvalue weighted by Crippen LogP contribution is 2.40. The molecule has 0 N–H and O–H groups in total. The molecule has 0 radical (unpaired) electrons. The van der Waals surface area contributed by atoms with E-state index in [2.05, 4.69) is 19.6 Å². The van der Waals surface area contributed by atoms with Crippen molar-refractivity contribution >= 4 is 13.9 Å². The van der Waals surface area contributed by atoms with Gasteiger partial charge in [0, 0.05) is 6.42 Å². The van der Waals surface area contributed by atoms with E-state index in [1.165, 1.54) is 0 Å². The van der Waals surface area contributed by atoms with Gasteiger partial charge in [0.2, 0.25) is 6.29 Å². The standard InChI is InChI=1S/C9H16O3Si/c1-13(2,3)9-5-4-7(10)8(12-9)11-6-9/h8H,4-6H2,1-3H3/t8-,9+/m1/s1. The molecule has 2 rings (SSSR count). The Bertz CT molecular complexity index is 246. The number of ketones is 1. The van der Waals surface area contributed by atoms with Crippen molar-refractivity contribution in [1.82, 2.24) is 0 Å². The largest absolute Gasteiger partial charge is 0.343 e. The van der Waals surface area contributed by atoms with Gasteiger partial charge in [-0.25, -0.2) is 0 Å². The third-order valence-electron chi connectivity index (χ3n) is 3.21. The maximum Gasteiger partial charge on any atom is 0.218 e. The topological polar surface area (TPSA) is 35.5 Å². The van der Waals surface area contributed by atoms with E-state index in [9.17, 15) is 4.79 Å². The molecule has 2 atom stereocenters. The van der Waals surface area contributed by atoms with Gasteiger partial charge in [-0.15, -0.1) is 0 Å². The van der Waals surface area contributed by atoms with Crippen LogP contribution in [0.3, 0.4) is 0 Å². The van der Waals surface area contributed by atoms with Crippen LogP contribution < -0.4 is 0 Å². The number of Topliss-reactive ketones (excluding diaryl/α,β-unsaturated/α-hetero) is 1. The fourth-order valence-electron chi connectivity index (χ4n) is 1.98. The van der Waals surface area contributed by atoms with Crippen molar-refractivity contribution in [3.05, 3.63) is 0 Å². The van der Waals surface area contributed by atoms with Gasteiger partial charge in [-0.2, -0.15) is 0 Å². The van der Waals surface area contributed by atoms with E-state index in [1.807, 2.05) is 0 Å². The molecule has 0 aromatic rings. The molecule has 74 valence electrons. The highest BCUT2D eigenvalue weighted by molar-refractivity contribution is 6.79. The second-order valence-electron chi connectivity index (χ2n) is 4.97. The first-order chi connectivity index (χ1) is 5.95. The summed E-state index contributed by atoms with van der Waals surface area (Å²) in [6, 6.07) is 0. The summed E-state index contributed by atoms with van der Waals surface area (Å²) in [6.45, 7) is 7.44. The van der Waals surface area contributed by atoms with Gasteiger partial charge in [-0.05, 0) is 6.42 Å². The molecule has 2 fully saturated rings. The zero-order valence-corrected chi connectivity index (χ0v) is 9.42. The normalized spacial score (nSPS) is 39.6. The van der Waals surface area contributed by atoms with Crippen LogP contribution in [0, 0.1) is 0 Å². The van der Waals surface area contributed by atoms with Crippen LogP contribution >= 0.6 is 0 Å². The first-order valence-electron chi connectivity index (χ1n) is 4.77. The second-order valence-corrected chi connectivity index (χ2v) is 10.4. The molecule has 0 aromatic heterocycles. The molecule has 13 heavy (non-hydrogen) atoms. The number of carbonyl (C=O) groups excluding carboxylic acids is 1. The van der Waals surface area contributed by atoms with E-state index in [1.54, 1.807) is 0 Å². The number of hydrogen-bond donors (Lipinski definition) is 0. The summed E-state index contributed by atoms with van der Waals surface area (Å²) in [4.78, 5) is 11.3. The maximum absolute atomic E-state index is 11.3. The Morgan fingerprint density at radius 1 is 1.46 bits per heavy atom. The lowest BCUT2D eigenvalue weighted by atomic mass is 10.1. The zero-order valence-electron chi connectivity index (χ0n) is 8.42. The predicted molar refractivity (Wildman–Crippen MR) is 51.1 cm³/mol. The van der Waals surface area contributed by atoms with Gasteiger partial charge >= 0.3 is 0 Å². The monoisotopic (exact) mass is 200 g/mol. The number of rotatable bonds is 1. The van der Waals surface area contributed by atoms with Crippen molar-refractivity contribution in [3.63, 3.8) is 0 Å². The summed E-state index contributed by atoms with van der Waals surface area (Å²) in [5, 5.41) is -0.0917. The van der Waals surface area contributed by atoms with Crippen LogP contribution in [0.1, 0.15) is 12.8 Å². The molecule has 2 saturated heterocycles. The third-order valence-corrected chi connectivity index (χ3v) is 6.45. The van der Waals surface area contributed by atoms with Crippen LogP contribution in [0.2, 0.25) is 19.6 Å². The highest BCUT2D eigenvalue weighted by atomic mass is 28.3. The van der Waals surface area contributed by atoms with Gasteiger partial charge in [0.15, 0.2) is 5.78 Å². The molecular formula is C9H16O3Si. The molecule has 2 aliphatic heterocycles. The first-order valence-corrected chi connectivity index (χ1v) is 8.27. The molecule has 0 aromatic carbocycles. The van der Waals surface area contributed by atoms with E-state index in [-0.39, 0.29) is 11.0 Å². The molecule has 2 aliphatic rings. The van der Waals surface area contributed by atoms with E-state index in [0.717, 1.165) is 6.42 Å². The molecule has 0 aliphatic carbocycles. The first kappa shape index (κ1) is 9.37. The minimum Gasteiger partial charge on any atom is -0.343 e. The molecular weight excluding hydrogens is 184 g/mol. The van der Waals surface area contributed by atoms with Gasteiger partial charge in [0.25, 0.3) is 0 Å². The summed E-state index contributed by atoms with van der Waals surface area (Å²) >= 11 is 0. The molecule has 2 heterocycles. The predicted octanol–water partition coefficient (Wildman–Crippen LogP) is 1.34. The fourth-order valence-corrected chi connectivity index (χ4v) is 3.84. The van der Waals surface area contributed by atoms with Crippen LogP contribution in [0.4, 0.5) is 0 Å². The van der Waals surface area contributed by atoms with Crippen molar-refractivity contribution in [2.75, 3.05) is 6.61 Å². The van der Waals surface area contributed by atoms with Gasteiger partial charge in [-0.1, -0.05) is 19.6 Å². The van der Waals surface area contributed by atoms with Crippen LogP contribution in [0.5, 0.6) is 0 Å². The van der Waals surface area contributed by atoms with Gasteiger partial charge in [0.05, 0.1) is 19.9 Å². The Morgan fingerprint density at radius 2 is 2.15 bits per heavy atom. The molecule has 0 saturated carbocycles. The summed E-state index contributed by atoms with van der Waals surface area (Å²) in [6.07, 6.45) is 0.952. The van der Waals surface area contributed by atoms with E-state index in [4.69, 9.17) is 9.47 Å². The molecule has 2 bridgehead atoms. The molecule has 3 nitrogen and oxygen atoms in total. The van der Waals surface area contributed by atoms with Crippen molar-refractivity contribution in [2.45, 2.75) is 44.0 Å². The smallest absolute Gasteiger partial charge is 0.218 e. The Hall–Kier alpha value is -0.193. The Labute approximate surface area is 79.4 Å². The summed E-state index contributed by atoms with van der Waals surface area (Å²) in [7, 11) is -1.39. The van der Waals surface area contributed by atoms with Gasteiger partial charge in [0.1, 0.15) is 0 Å². The molecule has 4 heteroatoms. The van der Waals surface area contributed by atoms with E-state index in [0.29, 0.717) is 13.0 Å². The summed E-state index contributed by atoms with van der Waals surface area (Å²) < 4.78 is 11.1. The maximum atomic E-state index is 11.3. The summed E-state index contributed by atoms with van der Waals surface area (Å²) in [5.41, 5.74) is 0. The lowest BCUT2D eigenvalue weighted by molar-refractivity contribution is -0.155. The average Bonchev–Trinajstić information content (AvgIpc) is 2.38. The zero-order chi connectivity index (χ0) is 9.69. The lowest BCUT2D eigenvalue weighted by Crippen LogP contribution is -2.56. The third kappa shape index (κ3) is 1.28. The Kier molecular flexibility index (Phi) is 1.91. The van der Waals surface area contributed by atoms with Crippen LogP contribution in [-0.4, -0.2) is 32.0 Å². The van der Waals surface area contributed by atoms with E-state index < -0.39 is 14.4 Å². The lowest BCUT2D eigenvalue weighted by Gasteiger charge is -2.40. The Balaban J connectivity index is 2.24.